The van der Waals surface area contributed by atoms with Crippen LogP contribution < -0.4 is 5.32 Å². The Morgan fingerprint density at radius 1 is 1.15 bits per heavy atom. The molecule has 1 amide bonds. The zero-order valence-corrected chi connectivity index (χ0v) is 14.8. The van der Waals surface area contributed by atoms with Gasteiger partial charge < -0.3 is 9.88 Å². The van der Waals surface area contributed by atoms with Crippen LogP contribution in [0.25, 0.3) is 10.9 Å². The molecule has 0 aliphatic rings. The number of fused-ring (bicyclic) bond motifs is 1. The van der Waals surface area contributed by atoms with Crippen molar-refractivity contribution in [2.75, 3.05) is 5.32 Å². The highest BCUT2D eigenvalue weighted by Crippen LogP contribution is 2.23. The lowest BCUT2D eigenvalue weighted by atomic mass is 10.2. The lowest BCUT2D eigenvalue weighted by Crippen LogP contribution is -2.15. The van der Waals surface area contributed by atoms with Crippen LogP contribution in [0.5, 0.6) is 0 Å². The predicted octanol–water partition coefficient (Wildman–Crippen LogP) is 3.72. The molecule has 0 saturated carbocycles. The number of nitrogens with zero attached hydrogens (tertiary/aromatic N) is 4. The molecule has 0 aliphatic heterocycles. The second kappa shape index (κ2) is 6.65. The quantitative estimate of drug-likeness (QED) is 0.599. The van der Waals surface area contributed by atoms with Crippen molar-refractivity contribution < 1.29 is 4.79 Å². The Morgan fingerprint density at radius 3 is 2.69 bits per heavy atom. The minimum Gasteiger partial charge on any atom is -0.340 e. The number of anilines is 1. The molecule has 2 aromatic heterocycles. The number of rotatable bonds is 4. The first-order valence-electron chi connectivity index (χ1n) is 8.08. The fourth-order valence-electron chi connectivity index (χ4n) is 2.93. The maximum Gasteiger partial charge on any atom is 0.272 e. The molecule has 0 radical (unpaired) electrons. The summed E-state index contributed by atoms with van der Waals surface area (Å²) in [6, 6.07) is 15.1. The van der Waals surface area contributed by atoms with Crippen molar-refractivity contribution in [1.29, 1.82) is 0 Å². The van der Waals surface area contributed by atoms with Gasteiger partial charge in [0.25, 0.3) is 5.91 Å². The van der Waals surface area contributed by atoms with Crippen LogP contribution in [0.15, 0.2) is 61.2 Å². The maximum absolute atomic E-state index is 12.6. The van der Waals surface area contributed by atoms with Gasteiger partial charge in [-0.05, 0) is 42.0 Å². The van der Waals surface area contributed by atoms with Gasteiger partial charge in [-0.15, -0.1) is 0 Å². The fourth-order valence-corrected chi connectivity index (χ4v) is 3.11. The lowest BCUT2D eigenvalue weighted by molar-refractivity contribution is 0.102. The third-order valence-electron chi connectivity index (χ3n) is 4.26. The smallest absolute Gasteiger partial charge is 0.272 e. The van der Waals surface area contributed by atoms with Gasteiger partial charge in [-0.25, -0.2) is 9.67 Å². The van der Waals surface area contributed by atoms with Crippen molar-refractivity contribution >= 4 is 34.1 Å². The molecule has 26 heavy (non-hydrogen) atoms. The van der Waals surface area contributed by atoms with Crippen molar-refractivity contribution in [3.63, 3.8) is 0 Å². The van der Waals surface area contributed by atoms with E-state index in [2.05, 4.69) is 15.4 Å². The molecule has 2 heterocycles. The molecule has 0 spiro atoms. The monoisotopic (exact) mass is 365 g/mol. The molecule has 4 aromatic rings. The van der Waals surface area contributed by atoms with Crippen LogP contribution >= 0.6 is 11.6 Å². The average Bonchev–Trinajstić information content (AvgIpc) is 3.24. The predicted molar refractivity (Wildman–Crippen MR) is 101 cm³/mol. The Labute approximate surface area is 155 Å². The molecule has 0 atom stereocenters. The second-order valence-electron chi connectivity index (χ2n) is 6.04. The van der Waals surface area contributed by atoms with Crippen molar-refractivity contribution in [2.45, 2.75) is 6.54 Å². The number of nitrogens with one attached hydrogen (secondary N) is 1. The molecular formula is C19H16ClN5O. The van der Waals surface area contributed by atoms with Crippen LogP contribution in [0.4, 0.5) is 5.69 Å². The van der Waals surface area contributed by atoms with E-state index < -0.39 is 0 Å². The van der Waals surface area contributed by atoms with E-state index >= 15 is 0 Å². The molecule has 0 unspecified atom stereocenters. The normalized spacial score (nSPS) is 11.0. The Bertz CT molecular complexity index is 1070. The van der Waals surface area contributed by atoms with E-state index in [1.807, 2.05) is 60.1 Å². The van der Waals surface area contributed by atoms with Crippen LogP contribution in [-0.2, 0) is 13.6 Å². The Hall–Kier alpha value is -3.12. The summed E-state index contributed by atoms with van der Waals surface area (Å²) < 4.78 is 3.61. The van der Waals surface area contributed by atoms with Gasteiger partial charge >= 0.3 is 0 Å². The zero-order chi connectivity index (χ0) is 18.1. The van der Waals surface area contributed by atoms with Crippen LogP contribution in [0.3, 0.4) is 0 Å². The summed E-state index contributed by atoms with van der Waals surface area (Å²) in [7, 11) is 1.87. The van der Waals surface area contributed by atoms with E-state index in [9.17, 15) is 4.79 Å². The third kappa shape index (κ3) is 3.19. The van der Waals surface area contributed by atoms with E-state index in [1.165, 1.54) is 6.33 Å². The molecule has 1 N–H and O–H groups in total. The van der Waals surface area contributed by atoms with E-state index in [0.717, 1.165) is 22.2 Å². The average molecular weight is 366 g/mol. The first-order chi connectivity index (χ1) is 12.6. The summed E-state index contributed by atoms with van der Waals surface area (Å²) in [6.45, 7) is 0.637. The van der Waals surface area contributed by atoms with Crippen LogP contribution in [0.1, 0.15) is 16.1 Å². The minimum absolute atomic E-state index is 0.163. The summed E-state index contributed by atoms with van der Waals surface area (Å²) >= 11 is 6.04. The van der Waals surface area contributed by atoms with Crippen molar-refractivity contribution in [2.24, 2.45) is 7.05 Å². The summed E-state index contributed by atoms with van der Waals surface area (Å²) in [6.07, 6.45) is 3.17. The SMILES string of the molecule is Cn1c(C(=O)Nc2ccc(Cn3cncn3)cc2)cc2cc(Cl)ccc21. The summed E-state index contributed by atoms with van der Waals surface area (Å²) in [5.74, 6) is -0.163. The summed E-state index contributed by atoms with van der Waals surface area (Å²) in [4.78, 5) is 16.6. The van der Waals surface area contributed by atoms with Crippen LogP contribution in [0, 0.1) is 0 Å². The molecule has 0 saturated heterocycles. The highest BCUT2D eigenvalue weighted by Gasteiger charge is 2.13. The van der Waals surface area contributed by atoms with Gasteiger partial charge in [0.2, 0.25) is 0 Å². The largest absolute Gasteiger partial charge is 0.340 e. The van der Waals surface area contributed by atoms with Crippen molar-refractivity contribution in [3.8, 4) is 0 Å². The van der Waals surface area contributed by atoms with Crippen LogP contribution in [-0.4, -0.2) is 25.2 Å². The van der Waals surface area contributed by atoms with Crippen molar-refractivity contribution in [3.05, 3.63) is 77.5 Å². The molecule has 6 nitrogen and oxygen atoms in total. The fraction of sp³-hybridized carbons (Fsp3) is 0.105. The molecule has 0 aliphatic carbocycles. The van der Waals surface area contributed by atoms with Gasteiger partial charge in [-0.1, -0.05) is 23.7 Å². The first kappa shape index (κ1) is 16.4. The number of hydrogen-bond donors (Lipinski definition) is 1. The van der Waals surface area contributed by atoms with E-state index in [4.69, 9.17) is 11.6 Å². The van der Waals surface area contributed by atoms with Crippen LogP contribution in [0.2, 0.25) is 5.02 Å². The number of aromatic nitrogens is 4. The standard InChI is InChI=1S/C19H16ClN5O/c1-24-17-7-4-15(20)8-14(17)9-18(24)19(26)23-16-5-2-13(3-6-16)10-25-12-21-11-22-25/h2-9,11-12H,10H2,1H3,(H,23,26). The van der Waals surface area contributed by atoms with Gasteiger partial charge in [0.05, 0.1) is 6.54 Å². The molecule has 0 fully saturated rings. The highest BCUT2D eigenvalue weighted by molar-refractivity contribution is 6.31. The Kier molecular flexibility index (Phi) is 4.18. The molecule has 130 valence electrons. The first-order valence-corrected chi connectivity index (χ1v) is 8.45. The minimum atomic E-state index is -0.163. The molecule has 7 heteroatoms. The van der Waals surface area contributed by atoms with Gasteiger partial charge in [0, 0.05) is 28.7 Å². The number of carbonyl (C=O) groups is 1. The Balaban J connectivity index is 1.52. The van der Waals surface area contributed by atoms with Gasteiger partial charge in [0.15, 0.2) is 0 Å². The van der Waals surface area contributed by atoms with Crippen molar-refractivity contribution in [1.82, 2.24) is 19.3 Å². The summed E-state index contributed by atoms with van der Waals surface area (Å²) in [5, 5.41) is 8.60. The number of amides is 1. The number of aryl methyl sites for hydroxylation is 1. The van der Waals surface area contributed by atoms with Gasteiger partial charge in [0.1, 0.15) is 18.3 Å². The molecule has 0 bridgehead atoms. The van der Waals surface area contributed by atoms with Gasteiger partial charge in [-0.3, -0.25) is 4.79 Å². The van der Waals surface area contributed by atoms with E-state index in [-0.39, 0.29) is 5.91 Å². The summed E-state index contributed by atoms with van der Waals surface area (Å²) in [5.41, 5.74) is 3.35. The van der Waals surface area contributed by atoms with Gasteiger partial charge in [-0.2, -0.15) is 5.10 Å². The molecule has 4 rings (SSSR count). The molecular weight excluding hydrogens is 350 g/mol. The van der Waals surface area contributed by atoms with E-state index in [0.29, 0.717) is 17.3 Å². The number of carbonyl (C=O) groups excluding carboxylic acids is 1. The Morgan fingerprint density at radius 2 is 1.96 bits per heavy atom. The molecule has 2 aromatic carbocycles. The van der Waals surface area contributed by atoms with E-state index in [1.54, 1.807) is 11.0 Å². The number of hydrogen-bond acceptors (Lipinski definition) is 3. The zero-order valence-electron chi connectivity index (χ0n) is 14.1. The lowest BCUT2D eigenvalue weighted by Gasteiger charge is -2.08. The topological polar surface area (TPSA) is 64.7 Å². The second-order valence-corrected chi connectivity index (χ2v) is 6.47. The number of halogens is 1. The highest BCUT2D eigenvalue weighted by atomic mass is 35.5. The maximum atomic E-state index is 12.6. The third-order valence-corrected chi connectivity index (χ3v) is 4.50. The number of benzene rings is 2.